The number of rotatable bonds is 7. The topological polar surface area (TPSA) is 3.24 Å². The summed E-state index contributed by atoms with van der Waals surface area (Å²) in [6.07, 6.45) is 0. The summed E-state index contributed by atoms with van der Waals surface area (Å²) in [7, 11) is 0. The van der Waals surface area contributed by atoms with Gasteiger partial charge >= 0.3 is 0 Å². The van der Waals surface area contributed by atoms with Gasteiger partial charge in [-0.15, -0.1) is 11.3 Å². The lowest BCUT2D eigenvalue weighted by Gasteiger charge is -2.28. The van der Waals surface area contributed by atoms with Crippen LogP contribution in [0.3, 0.4) is 0 Å². The lowest BCUT2D eigenvalue weighted by atomic mass is 9.94. The van der Waals surface area contributed by atoms with Gasteiger partial charge in [0.15, 0.2) is 0 Å². The molecule has 0 saturated carbocycles. The van der Waals surface area contributed by atoms with Crippen molar-refractivity contribution in [2.75, 3.05) is 4.90 Å². The Morgan fingerprint density at radius 2 is 0.833 bits per heavy atom. The molecule has 0 N–H and O–H groups in total. The zero-order valence-corrected chi connectivity index (χ0v) is 30.4. The highest BCUT2D eigenvalue weighted by molar-refractivity contribution is 7.25. The summed E-state index contributed by atoms with van der Waals surface area (Å²) >= 11 is 1.85. The second-order valence-electron chi connectivity index (χ2n) is 13.7. The molecule has 0 amide bonds. The average molecular weight is 706 g/mol. The van der Waals surface area contributed by atoms with E-state index in [4.69, 9.17) is 0 Å². The summed E-state index contributed by atoms with van der Waals surface area (Å²) in [6, 6.07) is 77.2. The van der Waals surface area contributed by atoms with Gasteiger partial charge in [-0.3, -0.25) is 0 Å². The number of para-hydroxylation sites is 1. The van der Waals surface area contributed by atoms with Gasteiger partial charge in [-0.05, 0) is 104 Å². The van der Waals surface area contributed by atoms with Crippen LogP contribution in [-0.2, 0) is 0 Å². The Balaban J connectivity index is 1.12. The van der Waals surface area contributed by atoms with Gasteiger partial charge in [0.25, 0.3) is 0 Å². The van der Waals surface area contributed by atoms with Crippen molar-refractivity contribution >= 4 is 59.3 Å². The van der Waals surface area contributed by atoms with Crippen LogP contribution < -0.4 is 4.90 Å². The largest absolute Gasteiger partial charge is 0.310 e. The van der Waals surface area contributed by atoms with Crippen molar-refractivity contribution in [1.82, 2.24) is 0 Å². The van der Waals surface area contributed by atoms with E-state index in [1.165, 1.54) is 75.5 Å². The van der Waals surface area contributed by atoms with E-state index >= 15 is 0 Å². The number of nitrogens with zero attached hydrogens (tertiary/aromatic N) is 1. The summed E-state index contributed by atoms with van der Waals surface area (Å²) in [5.74, 6) is 0. The number of thiophene rings is 1. The molecule has 0 bridgehead atoms. The third-order valence-corrected chi connectivity index (χ3v) is 11.6. The maximum absolute atomic E-state index is 2.43. The molecule has 0 saturated heterocycles. The lowest BCUT2D eigenvalue weighted by molar-refractivity contribution is 1.29. The molecule has 0 atom stereocenters. The van der Waals surface area contributed by atoms with Crippen LogP contribution in [-0.4, -0.2) is 0 Å². The molecule has 0 fully saturated rings. The fourth-order valence-corrected chi connectivity index (χ4v) is 8.92. The Kier molecular flexibility index (Phi) is 8.09. The minimum Gasteiger partial charge on any atom is -0.310 e. The van der Waals surface area contributed by atoms with Gasteiger partial charge in [0.1, 0.15) is 0 Å². The van der Waals surface area contributed by atoms with Crippen molar-refractivity contribution in [3.8, 4) is 44.5 Å². The van der Waals surface area contributed by atoms with E-state index in [1.54, 1.807) is 0 Å². The van der Waals surface area contributed by atoms with E-state index in [0.717, 1.165) is 17.1 Å². The van der Waals surface area contributed by atoms with Crippen LogP contribution in [0.1, 0.15) is 0 Å². The second-order valence-corrected chi connectivity index (χ2v) is 14.8. The average Bonchev–Trinajstić information content (AvgIpc) is 3.62. The number of benzene rings is 9. The first-order valence-electron chi connectivity index (χ1n) is 18.4. The predicted octanol–water partition coefficient (Wildman–Crippen LogP) is 15.3. The van der Waals surface area contributed by atoms with E-state index < -0.39 is 0 Å². The van der Waals surface area contributed by atoms with Crippen LogP contribution in [0, 0.1) is 0 Å². The molecule has 0 unspecified atom stereocenters. The number of hydrogen-bond donors (Lipinski definition) is 0. The fourth-order valence-electron chi connectivity index (χ4n) is 7.84. The van der Waals surface area contributed by atoms with Crippen LogP contribution in [0.4, 0.5) is 17.1 Å². The number of anilines is 3. The third kappa shape index (κ3) is 5.84. The summed E-state index contributed by atoms with van der Waals surface area (Å²) in [5, 5.41) is 5.09. The summed E-state index contributed by atoms with van der Waals surface area (Å²) in [4.78, 5) is 2.43. The van der Waals surface area contributed by atoms with Crippen LogP contribution in [0.5, 0.6) is 0 Å². The predicted molar refractivity (Wildman–Crippen MR) is 233 cm³/mol. The first-order chi connectivity index (χ1) is 26.8. The standard InChI is InChI=1S/C52H35NS/c1-2-13-36(14-3-1)39-17-10-18-40(33-39)37-27-29-43(30-28-37)53(44-31-32-52-49(35-44)48-23-7-9-26-51(48)54-52)50-25-8-6-22-47(50)42-20-11-19-41(34-42)46-24-12-16-38-15-4-5-21-45(38)46/h1-35H. The summed E-state index contributed by atoms with van der Waals surface area (Å²) < 4.78 is 2.61. The van der Waals surface area contributed by atoms with Crippen molar-refractivity contribution in [3.63, 3.8) is 0 Å². The zero-order valence-electron chi connectivity index (χ0n) is 29.6. The normalized spacial score (nSPS) is 11.3. The zero-order chi connectivity index (χ0) is 35.8. The molecule has 1 nitrogen and oxygen atoms in total. The first kappa shape index (κ1) is 32.0. The molecule has 1 heterocycles. The van der Waals surface area contributed by atoms with Gasteiger partial charge in [-0.1, -0.05) is 158 Å². The maximum Gasteiger partial charge on any atom is 0.0540 e. The van der Waals surface area contributed by atoms with E-state index in [1.807, 2.05) is 11.3 Å². The highest BCUT2D eigenvalue weighted by Crippen LogP contribution is 2.45. The lowest BCUT2D eigenvalue weighted by Crippen LogP contribution is -2.11. The minimum absolute atomic E-state index is 1.11. The van der Waals surface area contributed by atoms with E-state index in [9.17, 15) is 0 Å². The molecule has 0 spiro atoms. The van der Waals surface area contributed by atoms with Crippen molar-refractivity contribution in [3.05, 3.63) is 212 Å². The summed E-state index contributed by atoms with van der Waals surface area (Å²) in [5.41, 5.74) is 13.0. The molecule has 9 aromatic carbocycles. The molecule has 10 rings (SSSR count). The van der Waals surface area contributed by atoms with Gasteiger partial charge in [-0.25, -0.2) is 0 Å². The molecule has 254 valence electrons. The van der Waals surface area contributed by atoms with Crippen LogP contribution >= 0.6 is 11.3 Å². The van der Waals surface area contributed by atoms with Gasteiger partial charge in [0.2, 0.25) is 0 Å². The highest BCUT2D eigenvalue weighted by atomic mass is 32.1. The van der Waals surface area contributed by atoms with E-state index in [2.05, 4.69) is 217 Å². The first-order valence-corrected chi connectivity index (χ1v) is 19.2. The molecular formula is C52H35NS. The van der Waals surface area contributed by atoms with Gasteiger partial charge in [0.05, 0.1) is 5.69 Å². The molecule has 0 radical (unpaired) electrons. The molecule has 0 aliphatic rings. The van der Waals surface area contributed by atoms with Gasteiger partial charge in [-0.2, -0.15) is 0 Å². The fraction of sp³-hybridized carbons (Fsp3) is 0. The van der Waals surface area contributed by atoms with Crippen LogP contribution in [0.25, 0.3) is 75.5 Å². The van der Waals surface area contributed by atoms with E-state index in [-0.39, 0.29) is 0 Å². The Hall–Kier alpha value is -6.74. The Morgan fingerprint density at radius 3 is 1.67 bits per heavy atom. The molecular weight excluding hydrogens is 671 g/mol. The highest BCUT2D eigenvalue weighted by Gasteiger charge is 2.19. The van der Waals surface area contributed by atoms with Gasteiger partial charge < -0.3 is 4.90 Å². The van der Waals surface area contributed by atoms with E-state index in [0.29, 0.717) is 0 Å². The molecule has 2 heteroatoms. The molecule has 54 heavy (non-hydrogen) atoms. The molecule has 0 aliphatic heterocycles. The van der Waals surface area contributed by atoms with Gasteiger partial charge in [0, 0.05) is 37.1 Å². The SMILES string of the molecule is c1ccc(-c2cccc(-c3ccc(N(c4ccc5sc6ccccc6c5c4)c4ccccc4-c4cccc(-c5cccc6ccccc56)c4)cc3)c2)cc1. The third-order valence-electron chi connectivity index (χ3n) is 10.5. The molecule has 1 aromatic heterocycles. The monoisotopic (exact) mass is 705 g/mol. The molecule has 0 aliphatic carbocycles. The Morgan fingerprint density at radius 1 is 0.296 bits per heavy atom. The quantitative estimate of drug-likeness (QED) is 0.160. The maximum atomic E-state index is 2.43. The van der Waals surface area contributed by atoms with Crippen LogP contribution in [0.2, 0.25) is 0 Å². The second kappa shape index (κ2) is 13.7. The van der Waals surface area contributed by atoms with Crippen molar-refractivity contribution in [2.45, 2.75) is 0 Å². The smallest absolute Gasteiger partial charge is 0.0540 e. The Labute approximate surface area is 319 Å². The minimum atomic E-state index is 1.11. The van der Waals surface area contributed by atoms with Crippen molar-refractivity contribution in [2.24, 2.45) is 0 Å². The number of hydrogen-bond acceptors (Lipinski definition) is 2. The molecule has 10 aromatic rings. The van der Waals surface area contributed by atoms with Crippen molar-refractivity contribution < 1.29 is 0 Å². The summed E-state index contributed by atoms with van der Waals surface area (Å²) in [6.45, 7) is 0. The Bertz CT molecular complexity index is 2930. The number of fused-ring (bicyclic) bond motifs is 4. The van der Waals surface area contributed by atoms with Crippen LogP contribution in [0.15, 0.2) is 212 Å². The van der Waals surface area contributed by atoms with Crippen molar-refractivity contribution in [1.29, 1.82) is 0 Å².